The van der Waals surface area contributed by atoms with Crippen LogP contribution in [-0.2, 0) is 4.79 Å². The van der Waals surface area contributed by atoms with Crippen LogP contribution >= 0.6 is 11.6 Å². The molecule has 1 aliphatic rings. The van der Waals surface area contributed by atoms with Crippen molar-refractivity contribution < 1.29 is 37.3 Å². The second-order valence-electron chi connectivity index (χ2n) is 6.10. The smallest absolute Gasteiger partial charge is 0.404 e. The van der Waals surface area contributed by atoms with Crippen LogP contribution in [0.1, 0.15) is 32.1 Å². The van der Waals surface area contributed by atoms with Crippen LogP contribution in [0.4, 0.5) is 23.2 Å². The highest BCUT2D eigenvalue weighted by Crippen LogP contribution is 2.42. The van der Waals surface area contributed by atoms with Gasteiger partial charge in [0.25, 0.3) is 0 Å². The van der Waals surface area contributed by atoms with Crippen LogP contribution < -0.4 is 9.64 Å². The summed E-state index contributed by atoms with van der Waals surface area (Å²) in [5.41, 5.74) is -2.19. The first-order valence-electron chi connectivity index (χ1n) is 7.93. The molecule has 148 valence electrons. The van der Waals surface area contributed by atoms with Crippen LogP contribution in [-0.4, -0.2) is 34.3 Å². The highest BCUT2D eigenvalue weighted by Gasteiger charge is 2.47. The fourth-order valence-electron chi connectivity index (χ4n) is 3.27. The number of halogens is 5. The lowest BCUT2D eigenvalue weighted by molar-refractivity contribution is -0.274. The standard InChI is InChI=1S/C17H16ClF4NO4/c1-2-14(24)23(16(15(25)26)6-4-3-5-7-16)12-8-10(18)13(9-11(12)19)27-17(20,21)22/h1,8-9,15,25-26H,3-7H2. The molecule has 2 rings (SSSR count). The van der Waals surface area contributed by atoms with Crippen LogP contribution in [0.25, 0.3) is 0 Å². The zero-order chi connectivity index (χ0) is 20.4. The van der Waals surface area contributed by atoms with Crippen molar-refractivity contribution >= 4 is 23.2 Å². The number of amides is 1. The summed E-state index contributed by atoms with van der Waals surface area (Å²) in [6.07, 6.45) is -0.0183. The molecule has 1 saturated carbocycles. The molecule has 1 aromatic rings. The number of hydrogen-bond donors (Lipinski definition) is 2. The van der Waals surface area contributed by atoms with Gasteiger partial charge in [0.05, 0.1) is 16.2 Å². The molecule has 0 bridgehead atoms. The summed E-state index contributed by atoms with van der Waals surface area (Å²) in [7, 11) is 0. The Labute approximate surface area is 157 Å². The summed E-state index contributed by atoms with van der Waals surface area (Å²) in [5.74, 6) is -1.58. The minimum absolute atomic E-state index is 0.107. The Morgan fingerprint density at radius 3 is 2.37 bits per heavy atom. The van der Waals surface area contributed by atoms with E-state index in [1.165, 1.54) is 0 Å². The number of ether oxygens (including phenoxy) is 1. The number of carbonyl (C=O) groups excluding carboxylic acids is 1. The van der Waals surface area contributed by atoms with E-state index >= 15 is 0 Å². The molecular formula is C17H16ClF4NO4. The Hall–Kier alpha value is -2.02. The molecule has 2 N–H and O–H groups in total. The number of hydrogen-bond acceptors (Lipinski definition) is 4. The predicted molar refractivity (Wildman–Crippen MR) is 88.5 cm³/mol. The van der Waals surface area contributed by atoms with E-state index in [-0.39, 0.29) is 12.8 Å². The zero-order valence-electron chi connectivity index (χ0n) is 13.9. The zero-order valence-corrected chi connectivity index (χ0v) is 14.6. The highest BCUT2D eigenvalue weighted by molar-refractivity contribution is 6.32. The average molecular weight is 410 g/mol. The Balaban J connectivity index is 2.59. The number of carbonyl (C=O) groups is 1. The van der Waals surface area contributed by atoms with Gasteiger partial charge in [-0.3, -0.25) is 9.69 Å². The summed E-state index contributed by atoms with van der Waals surface area (Å²) in [4.78, 5) is 13.0. The largest absolute Gasteiger partial charge is 0.573 e. The van der Waals surface area contributed by atoms with Crippen molar-refractivity contribution in [3.63, 3.8) is 0 Å². The molecule has 0 heterocycles. The molecule has 0 radical (unpaired) electrons. The molecule has 0 atom stereocenters. The van der Waals surface area contributed by atoms with Crippen molar-refractivity contribution in [1.82, 2.24) is 0 Å². The Morgan fingerprint density at radius 1 is 1.30 bits per heavy atom. The fourth-order valence-corrected chi connectivity index (χ4v) is 3.47. The lowest BCUT2D eigenvalue weighted by Crippen LogP contribution is -2.60. The van der Waals surface area contributed by atoms with Gasteiger partial charge in [0, 0.05) is 6.07 Å². The van der Waals surface area contributed by atoms with Crippen LogP contribution in [0.3, 0.4) is 0 Å². The molecule has 1 amide bonds. The van der Waals surface area contributed by atoms with Gasteiger partial charge in [-0.1, -0.05) is 30.9 Å². The minimum atomic E-state index is -5.10. The van der Waals surface area contributed by atoms with Crippen LogP contribution in [0.5, 0.6) is 5.75 Å². The third-order valence-corrected chi connectivity index (χ3v) is 4.74. The van der Waals surface area contributed by atoms with Crippen molar-refractivity contribution in [3.8, 4) is 18.1 Å². The molecule has 1 aliphatic carbocycles. The van der Waals surface area contributed by atoms with Crippen molar-refractivity contribution in [2.45, 2.75) is 50.3 Å². The van der Waals surface area contributed by atoms with Gasteiger partial charge in [0.1, 0.15) is 0 Å². The second kappa shape index (κ2) is 7.92. The van der Waals surface area contributed by atoms with Gasteiger partial charge in [-0.15, -0.1) is 19.6 Å². The van der Waals surface area contributed by atoms with Crippen molar-refractivity contribution in [2.75, 3.05) is 4.90 Å². The second-order valence-corrected chi connectivity index (χ2v) is 6.51. The van der Waals surface area contributed by atoms with Crippen LogP contribution in [0.15, 0.2) is 12.1 Å². The van der Waals surface area contributed by atoms with Gasteiger partial charge in [-0.25, -0.2) is 4.39 Å². The maximum Gasteiger partial charge on any atom is 0.573 e. The first-order chi connectivity index (χ1) is 12.5. The molecular weight excluding hydrogens is 394 g/mol. The molecule has 0 aliphatic heterocycles. The van der Waals surface area contributed by atoms with E-state index in [0.29, 0.717) is 23.8 Å². The molecule has 0 saturated heterocycles. The van der Waals surface area contributed by atoms with E-state index in [4.69, 9.17) is 18.0 Å². The molecule has 0 spiro atoms. The first-order valence-corrected chi connectivity index (χ1v) is 8.31. The normalized spacial score (nSPS) is 16.7. The summed E-state index contributed by atoms with van der Waals surface area (Å²) in [5, 5.41) is 19.2. The van der Waals surface area contributed by atoms with Gasteiger partial charge in [0.2, 0.25) is 0 Å². The molecule has 5 nitrogen and oxygen atoms in total. The number of benzene rings is 1. The van der Waals surface area contributed by atoms with Gasteiger partial charge in [-0.05, 0) is 24.8 Å². The third-order valence-electron chi connectivity index (χ3n) is 4.44. The summed E-state index contributed by atoms with van der Waals surface area (Å²) >= 11 is 5.76. The predicted octanol–water partition coefficient (Wildman–Crippen LogP) is 3.36. The van der Waals surface area contributed by atoms with Gasteiger partial charge in [-0.2, -0.15) is 0 Å². The topological polar surface area (TPSA) is 70.0 Å². The van der Waals surface area contributed by atoms with Crippen molar-refractivity contribution in [2.24, 2.45) is 0 Å². The molecule has 1 aromatic carbocycles. The Morgan fingerprint density at radius 2 is 1.89 bits per heavy atom. The number of aliphatic hydroxyl groups is 2. The number of alkyl halides is 3. The number of anilines is 1. The molecule has 27 heavy (non-hydrogen) atoms. The average Bonchev–Trinajstić information content (AvgIpc) is 2.58. The van der Waals surface area contributed by atoms with E-state index in [9.17, 15) is 32.6 Å². The first kappa shape index (κ1) is 21.3. The van der Waals surface area contributed by atoms with Crippen molar-refractivity contribution in [1.29, 1.82) is 0 Å². The summed E-state index contributed by atoms with van der Waals surface area (Å²) < 4.78 is 55.4. The van der Waals surface area contributed by atoms with Crippen LogP contribution in [0.2, 0.25) is 5.02 Å². The molecule has 0 aromatic heterocycles. The van der Waals surface area contributed by atoms with Crippen LogP contribution in [0, 0.1) is 18.2 Å². The summed E-state index contributed by atoms with van der Waals surface area (Å²) in [6.45, 7) is 0. The third kappa shape index (κ3) is 4.46. The Bertz CT molecular complexity index is 755. The molecule has 10 heteroatoms. The van der Waals surface area contributed by atoms with E-state index in [1.54, 1.807) is 5.92 Å². The Kier molecular flexibility index (Phi) is 6.24. The fraction of sp³-hybridized carbons (Fsp3) is 0.471. The lowest BCUT2D eigenvalue weighted by Gasteiger charge is -2.46. The summed E-state index contributed by atoms with van der Waals surface area (Å²) in [6, 6.07) is 1.11. The van der Waals surface area contributed by atoms with E-state index in [2.05, 4.69) is 4.74 Å². The SMILES string of the molecule is C#CC(=O)N(c1cc(Cl)c(OC(F)(F)F)cc1F)C1(C(O)O)CCCCC1. The van der Waals surface area contributed by atoms with Crippen molar-refractivity contribution in [3.05, 3.63) is 23.0 Å². The number of terminal acetylenes is 1. The van der Waals surface area contributed by atoms with E-state index < -0.39 is 46.4 Å². The van der Waals surface area contributed by atoms with Gasteiger partial charge < -0.3 is 14.9 Å². The van der Waals surface area contributed by atoms with Gasteiger partial charge in [0.15, 0.2) is 17.9 Å². The van der Waals surface area contributed by atoms with E-state index in [0.717, 1.165) is 12.5 Å². The monoisotopic (exact) mass is 409 g/mol. The van der Waals surface area contributed by atoms with E-state index in [1.807, 2.05) is 0 Å². The number of aliphatic hydroxyl groups excluding tert-OH is 1. The quantitative estimate of drug-likeness (QED) is 0.454. The number of nitrogens with zero attached hydrogens (tertiary/aromatic N) is 1. The molecule has 1 fully saturated rings. The minimum Gasteiger partial charge on any atom is -0.404 e. The maximum atomic E-state index is 14.6. The highest BCUT2D eigenvalue weighted by atomic mass is 35.5. The van der Waals surface area contributed by atoms with Gasteiger partial charge >= 0.3 is 12.3 Å². The lowest BCUT2D eigenvalue weighted by atomic mass is 9.79. The maximum absolute atomic E-state index is 14.6. The number of rotatable bonds is 4. The molecule has 0 unspecified atom stereocenters.